The number of hydrogen-bond acceptors (Lipinski definition) is 4. The Morgan fingerprint density at radius 2 is 2.33 bits per heavy atom. The molecule has 0 bridgehead atoms. The van der Waals surface area contributed by atoms with E-state index < -0.39 is 0 Å². The van der Waals surface area contributed by atoms with Crippen LogP contribution < -0.4 is 4.74 Å². The molecule has 0 saturated carbocycles. The van der Waals surface area contributed by atoms with Crippen LogP contribution in [0.25, 0.3) is 11.1 Å². The van der Waals surface area contributed by atoms with E-state index in [9.17, 15) is 4.79 Å². The largest absolute Gasteiger partial charge is 0.490 e. The van der Waals surface area contributed by atoms with E-state index >= 15 is 0 Å². The Morgan fingerprint density at radius 1 is 1.53 bits per heavy atom. The molecule has 0 amide bonds. The highest BCUT2D eigenvalue weighted by Crippen LogP contribution is 2.27. The van der Waals surface area contributed by atoms with Gasteiger partial charge in [0.1, 0.15) is 5.52 Å². The molecule has 15 heavy (non-hydrogen) atoms. The number of ether oxygens (including phenoxy) is 1. The lowest BCUT2D eigenvalue weighted by Gasteiger charge is -2.04. The molecule has 0 aliphatic carbocycles. The number of nitrogens with zero attached hydrogens (tertiary/aromatic N) is 1. The van der Waals surface area contributed by atoms with Crippen molar-refractivity contribution in [2.45, 2.75) is 13.8 Å². The summed E-state index contributed by atoms with van der Waals surface area (Å²) in [5.41, 5.74) is 1.81. The molecular weight excluding hydrogens is 194 g/mol. The highest BCUT2D eigenvalue weighted by atomic mass is 16.5. The van der Waals surface area contributed by atoms with Crippen LogP contribution in [0.4, 0.5) is 0 Å². The number of rotatable bonds is 3. The first-order valence-electron chi connectivity index (χ1n) is 4.73. The average Bonchev–Trinajstić information content (AvgIpc) is 2.65. The van der Waals surface area contributed by atoms with Gasteiger partial charge in [0.05, 0.1) is 6.61 Å². The number of carbonyl (C=O) groups excluding carboxylic acids is 1. The predicted molar refractivity (Wildman–Crippen MR) is 55.2 cm³/mol. The quantitative estimate of drug-likeness (QED) is 0.722. The zero-order chi connectivity index (χ0) is 10.8. The number of aromatic nitrogens is 1. The Labute approximate surface area is 86.9 Å². The lowest BCUT2D eigenvalue weighted by molar-refractivity contribution is 0.101. The molecule has 0 unspecified atom stereocenters. The van der Waals surface area contributed by atoms with Crippen molar-refractivity contribution in [3.8, 4) is 5.75 Å². The lowest BCUT2D eigenvalue weighted by Crippen LogP contribution is -1.96. The van der Waals surface area contributed by atoms with E-state index in [4.69, 9.17) is 9.15 Å². The Hall–Kier alpha value is -1.84. The minimum absolute atomic E-state index is 0.0131. The second-order valence-electron chi connectivity index (χ2n) is 3.16. The Balaban J connectivity index is 2.63. The first kappa shape index (κ1) is 9.71. The molecule has 78 valence electrons. The van der Waals surface area contributed by atoms with Gasteiger partial charge in [-0.15, -0.1) is 0 Å². The van der Waals surface area contributed by atoms with Gasteiger partial charge < -0.3 is 9.15 Å². The minimum atomic E-state index is -0.0131. The molecular formula is C11H11NO3. The summed E-state index contributed by atoms with van der Waals surface area (Å²) in [6.45, 7) is 3.91. The van der Waals surface area contributed by atoms with E-state index in [2.05, 4.69) is 4.98 Å². The second kappa shape index (κ2) is 3.73. The summed E-state index contributed by atoms with van der Waals surface area (Å²) in [4.78, 5) is 15.3. The van der Waals surface area contributed by atoms with Gasteiger partial charge in [0.25, 0.3) is 0 Å². The SMILES string of the molecule is CCOc1cc(C(C)=O)cc2ncoc12. The van der Waals surface area contributed by atoms with Crippen molar-refractivity contribution in [1.82, 2.24) is 4.98 Å². The van der Waals surface area contributed by atoms with Crippen LogP contribution in [-0.2, 0) is 0 Å². The summed E-state index contributed by atoms with van der Waals surface area (Å²) in [7, 11) is 0. The first-order valence-corrected chi connectivity index (χ1v) is 4.73. The van der Waals surface area contributed by atoms with E-state index in [0.717, 1.165) is 0 Å². The lowest BCUT2D eigenvalue weighted by atomic mass is 10.1. The molecule has 1 aromatic heterocycles. The normalized spacial score (nSPS) is 10.5. The van der Waals surface area contributed by atoms with Crippen LogP contribution >= 0.6 is 0 Å². The van der Waals surface area contributed by atoms with E-state index in [1.807, 2.05) is 6.92 Å². The monoisotopic (exact) mass is 205 g/mol. The van der Waals surface area contributed by atoms with Gasteiger partial charge in [0.2, 0.25) is 0 Å². The van der Waals surface area contributed by atoms with Crippen molar-refractivity contribution in [3.05, 3.63) is 24.1 Å². The number of hydrogen-bond donors (Lipinski definition) is 0. The Bertz CT molecular complexity index is 502. The minimum Gasteiger partial charge on any atom is -0.490 e. The number of oxazole rings is 1. The topological polar surface area (TPSA) is 52.3 Å². The predicted octanol–water partition coefficient (Wildman–Crippen LogP) is 2.43. The van der Waals surface area contributed by atoms with Crippen LogP contribution in [0.5, 0.6) is 5.75 Å². The van der Waals surface area contributed by atoms with E-state index in [-0.39, 0.29) is 5.78 Å². The second-order valence-corrected chi connectivity index (χ2v) is 3.16. The number of carbonyl (C=O) groups is 1. The fourth-order valence-corrected chi connectivity index (χ4v) is 1.40. The average molecular weight is 205 g/mol. The molecule has 0 spiro atoms. The molecule has 0 atom stereocenters. The highest BCUT2D eigenvalue weighted by Gasteiger charge is 2.11. The van der Waals surface area contributed by atoms with Gasteiger partial charge in [0, 0.05) is 5.56 Å². The van der Waals surface area contributed by atoms with Crippen molar-refractivity contribution < 1.29 is 13.9 Å². The van der Waals surface area contributed by atoms with E-state index in [1.54, 1.807) is 12.1 Å². The first-order chi connectivity index (χ1) is 7.22. The molecule has 1 aromatic carbocycles. The van der Waals surface area contributed by atoms with Crippen molar-refractivity contribution in [3.63, 3.8) is 0 Å². The molecule has 2 rings (SSSR count). The van der Waals surface area contributed by atoms with Crippen LogP contribution in [0.3, 0.4) is 0 Å². The number of ketones is 1. The third-order valence-corrected chi connectivity index (χ3v) is 2.10. The third-order valence-electron chi connectivity index (χ3n) is 2.10. The maximum atomic E-state index is 11.3. The zero-order valence-electron chi connectivity index (χ0n) is 8.61. The standard InChI is InChI=1S/C11H11NO3/c1-3-14-10-5-8(7(2)13)4-9-11(10)15-6-12-9/h4-6H,3H2,1-2H3. The molecule has 4 nitrogen and oxygen atoms in total. The fourth-order valence-electron chi connectivity index (χ4n) is 1.40. The van der Waals surface area contributed by atoms with Gasteiger partial charge >= 0.3 is 0 Å². The van der Waals surface area contributed by atoms with Crippen LogP contribution in [-0.4, -0.2) is 17.4 Å². The van der Waals surface area contributed by atoms with Gasteiger partial charge in [-0.1, -0.05) is 0 Å². The van der Waals surface area contributed by atoms with Crippen molar-refractivity contribution >= 4 is 16.9 Å². The molecule has 0 saturated heterocycles. The van der Waals surface area contributed by atoms with E-state index in [0.29, 0.717) is 29.0 Å². The number of benzene rings is 1. The van der Waals surface area contributed by atoms with Gasteiger partial charge in [0.15, 0.2) is 23.5 Å². The number of Topliss-reactive ketones (excluding diaryl/α,β-unsaturated/α-hetero) is 1. The third kappa shape index (κ3) is 1.70. The van der Waals surface area contributed by atoms with Crippen LogP contribution in [0.15, 0.2) is 22.9 Å². The smallest absolute Gasteiger partial charge is 0.196 e. The Kier molecular flexibility index (Phi) is 2.41. The zero-order valence-corrected chi connectivity index (χ0v) is 8.61. The number of fused-ring (bicyclic) bond motifs is 1. The van der Waals surface area contributed by atoms with Crippen LogP contribution in [0.2, 0.25) is 0 Å². The summed E-state index contributed by atoms with van der Waals surface area (Å²) >= 11 is 0. The maximum absolute atomic E-state index is 11.3. The molecule has 0 radical (unpaired) electrons. The maximum Gasteiger partial charge on any atom is 0.196 e. The fraction of sp³-hybridized carbons (Fsp3) is 0.273. The molecule has 0 aliphatic heterocycles. The van der Waals surface area contributed by atoms with Crippen molar-refractivity contribution in [1.29, 1.82) is 0 Å². The summed E-state index contributed by atoms with van der Waals surface area (Å²) in [5.74, 6) is 0.554. The molecule has 0 aliphatic rings. The van der Waals surface area contributed by atoms with Crippen LogP contribution in [0, 0.1) is 0 Å². The summed E-state index contributed by atoms with van der Waals surface area (Å²) in [6.07, 6.45) is 1.34. The Morgan fingerprint density at radius 3 is 3.00 bits per heavy atom. The molecule has 4 heteroatoms. The van der Waals surface area contributed by atoms with Crippen LogP contribution in [0.1, 0.15) is 24.2 Å². The summed E-state index contributed by atoms with van der Waals surface area (Å²) < 4.78 is 10.6. The van der Waals surface area contributed by atoms with Gasteiger partial charge in [-0.25, -0.2) is 4.98 Å². The van der Waals surface area contributed by atoms with Crippen molar-refractivity contribution in [2.75, 3.05) is 6.61 Å². The van der Waals surface area contributed by atoms with Gasteiger partial charge in [-0.3, -0.25) is 4.79 Å². The highest BCUT2D eigenvalue weighted by molar-refractivity contribution is 5.98. The molecule has 1 heterocycles. The molecule has 2 aromatic rings. The molecule has 0 N–H and O–H groups in total. The van der Waals surface area contributed by atoms with E-state index in [1.165, 1.54) is 13.3 Å². The van der Waals surface area contributed by atoms with Gasteiger partial charge in [-0.05, 0) is 26.0 Å². The summed E-state index contributed by atoms with van der Waals surface area (Å²) in [5, 5.41) is 0. The summed E-state index contributed by atoms with van der Waals surface area (Å²) in [6, 6.07) is 3.38. The van der Waals surface area contributed by atoms with Crippen molar-refractivity contribution in [2.24, 2.45) is 0 Å². The molecule has 0 fully saturated rings. The van der Waals surface area contributed by atoms with Gasteiger partial charge in [-0.2, -0.15) is 0 Å².